The lowest BCUT2D eigenvalue weighted by molar-refractivity contribution is 0.173. The second-order valence-electron chi connectivity index (χ2n) is 6.98. The molecule has 0 aliphatic carbocycles. The zero-order chi connectivity index (χ0) is 19.3. The molecule has 1 aliphatic rings. The summed E-state index contributed by atoms with van der Waals surface area (Å²) in [5, 5.41) is 10.4. The van der Waals surface area contributed by atoms with E-state index in [1.807, 2.05) is 18.2 Å². The standard InChI is InChI=1S/C22H24N4O2/c1-27-15-14-25-13-9-19-20(25)5-2-6-21(19)28-18-7-11-26(12-8-18)22-17(16-23)4-3-10-24-22/h2-6,9-10,13,18H,7-8,11-12,14-15H2,1H3. The quantitative estimate of drug-likeness (QED) is 0.658. The molecule has 2 aromatic heterocycles. The van der Waals surface area contributed by atoms with Gasteiger partial charge in [0.05, 0.1) is 17.7 Å². The summed E-state index contributed by atoms with van der Waals surface area (Å²) in [6.45, 7) is 3.18. The molecule has 0 radical (unpaired) electrons. The average molecular weight is 376 g/mol. The van der Waals surface area contributed by atoms with Crippen molar-refractivity contribution in [3.05, 3.63) is 54.4 Å². The number of piperidine rings is 1. The number of rotatable bonds is 6. The van der Waals surface area contributed by atoms with E-state index in [-0.39, 0.29) is 6.10 Å². The maximum Gasteiger partial charge on any atom is 0.146 e. The van der Waals surface area contributed by atoms with Gasteiger partial charge in [-0.05, 0) is 30.3 Å². The molecule has 28 heavy (non-hydrogen) atoms. The summed E-state index contributed by atoms with van der Waals surface area (Å²) in [4.78, 5) is 6.58. The van der Waals surface area contributed by atoms with Gasteiger partial charge in [0.25, 0.3) is 0 Å². The molecule has 1 fully saturated rings. The van der Waals surface area contributed by atoms with Crippen molar-refractivity contribution in [3.8, 4) is 11.8 Å². The molecule has 0 unspecified atom stereocenters. The monoisotopic (exact) mass is 376 g/mol. The molecule has 3 heterocycles. The first kappa shape index (κ1) is 18.3. The van der Waals surface area contributed by atoms with Crippen LogP contribution in [0.5, 0.6) is 5.75 Å². The van der Waals surface area contributed by atoms with Gasteiger partial charge in [0.2, 0.25) is 0 Å². The van der Waals surface area contributed by atoms with Crippen LogP contribution in [0.25, 0.3) is 10.9 Å². The Bertz CT molecular complexity index is 984. The minimum Gasteiger partial charge on any atom is -0.490 e. The van der Waals surface area contributed by atoms with Gasteiger partial charge in [0, 0.05) is 57.4 Å². The maximum absolute atomic E-state index is 9.30. The molecule has 0 saturated carbocycles. The number of aromatic nitrogens is 2. The first-order valence-corrected chi connectivity index (χ1v) is 9.63. The van der Waals surface area contributed by atoms with Crippen LogP contribution < -0.4 is 9.64 Å². The second-order valence-corrected chi connectivity index (χ2v) is 6.98. The fourth-order valence-electron chi connectivity index (χ4n) is 3.78. The molecule has 144 valence electrons. The summed E-state index contributed by atoms with van der Waals surface area (Å²) in [6.07, 6.45) is 5.81. The highest BCUT2D eigenvalue weighted by Crippen LogP contribution is 2.30. The molecule has 1 saturated heterocycles. The van der Waals surface area contributed by atoms with Gasteiger partial charge in [-0.2, -0.15) is 5.26 Å². The minimum atomic E-state index is 0.165. The van der Waals surface area contributed by atoms with E-state index in [2.05, 4.69) is 38.8 Å². The predicted octanol–water partition coefficient (Wildman–Crippen LogP) is 3.60. The van der Waals surface area contributed by atoms with Crippen molar-refractivity contribution in [1.82, 2.24) is 9.55 Å². The van der Waals surface area contributed by atoms with Crippen LogP contribution in [0, 0.1) is 11.3 Å². The molecule has 0 N–H and O–H groups in total. The molecule has 0 bridgehead atoms. The summed E-state index contributed by atoms with van der Waals surface area (Å²) in [7, 11) is 1.72. The van der Waals surface area contributed by atoms with Crippen LogP contribution in [0.3, 0.4) is 0 Å². The van der Waals surface area contributed by atoms with E-state index in [9.17, 15) is 5.26 Å². The maximum atomic E-state index is 9.30. The van der Waals surface area contributed by atoms with Crippen LogP contribution in [0.15, 0.2) is 48.8 Å². The number of hydrogen-bond acceptors (Lipinski definition) is 5. The third-order valence-corrected chi connectivity index (χ3v) is 5.25. The number of nitrogens with zero attached hydrogens (tertiary/aromatic N) is 4. The van der Waals surface area contributed by atoms with Gasteiger partial charge in [-0.1, -0.05) is 6.07 Å². The first-order valence-electron chi connectivity index (χ1n) is 9.63. The van der Waals surface area contributed by atoms with Gasteiger partial charge in [-0.25, -0.2) is 4.98 Å². The van der Waals surface area contributed by atoms with E-state index in [0.717, 1.165) is 49.4 Å². The first-order chi connectivity index (χ1) is 13.8. The van der Waals surface area contributed by atoms with Gasteiger partial charge < -0.3 is 18.9 Å². The molecular formula is C22H24N4O2. The highest BCUT2D eigenvalue weighted by Gasteiger charge is 2.23. The molecule has 1 aliphatic heterocycles. The summed E-state index contributed by atoms with van der Waals surface area (Å²) >= 11 is 0. The molecule has 6 nitrogen and oxygen atoms in total. The Hall–Kier alpha value is -3.04. The van der Waals surface area contributed by atoms with Crippen molar-refractivity contribution in [2.45, 2.75) is 25.5 Å². The number of nitriles is 1. The van der Waals surface area contributed by atoms with E-state index in [0.29, 0.717) is 12.2 Å². The van der Waals surface area contributed by atoms with Gasteiger partial charge in [-0.3, -0.25) is 0 Å². The number of anilines is 1. The zero-order valence-corrected chi connectivity index (χ0v) is 16.0. The Morgan fingerprint density at radius 2 is 2.04 bits per heavy atom. The molecule has 4 rings (SSSR count). The third-order valence-electron chi connectivity index (χ3n) is 5.25. The highest BCUT2D eigenvalue weighted by atomic mass is 16.5. The lowest BCUT2D eigenvalue weighted by Gasteiger charge is -2.33. The Labute approximate surface area is 164 Å². The van der Waals surface area contributed by atoms with Crippen LogP contribution in [-0.2, 0) is 11.3 Å². The van der Waals surface area contributed by atoms with Crippen LogP contribution in [0.4, 0.5) is 5.82 Å². The predicted molar refractivity (Wildman–Crippen MR) is 109 cm³/mol. The van der Waals surface area contributed by atoms with Crippen molar-refractivity contribution in [2.24, 2.45) is 0 Å². The zero-order valence-electron chi connectivity index (χ0n) is 16.0. The molecule has 0 atom stereocenters. The van der Waals surface area contributed by atoms with E-state index >= 15 is 0 Å². The number of hydrogen-bond donors (Lipinski definition) is 0. The molecular weight excluding hydrogens is 352 g/mol. The lowest BCUT2D eigenvalue weighted by Crippen LogP contribution is -2.39. The van der Waals surface area contributed by atoms with E-state index in [1.165, 1.54) is 5.52 Å². The minimum absolute atomic E-state index is 0.165. The second kappa shape index (κ2) is 8.32. The fourth-order valence-corrected chi connectivity index (χ4v) is 3.78. The summed E-state index contributed by atoms with van der Waals surface area (Å²) < 4.78 is 13.8. The Morgan fingerprint density at radius 1 is 1.18 bits per heavy atom. The van der Waals surface area contributed by atoms with Gasteiger partial charge in [0.1, 0.15) is 23.7 Å². The van der Waals surface area contributed by atoms with Gasteiger partial charge in [0.15, 0.2) is 0 Å². The lowest BCUT2D eigenvalue weighted by atomic mass is 10.1. The van der Waals surface area contributed by atoms with Crippen LogP contribution >= 0.6 is 0 Å². The Balaban J connectivity index is 1.44. The average Bonchev–Trinajstić information content (AvgIpc) is 3.17. The van der Waals surface area contributed by atoms with Gasteiger partial charge in [-0.15, -0.1) is 0 Å². The SMILES string of the molecule is COCCn1ccc2c(OC3CCN(c4ncccc4C#N)CC3)cccc21. The van der Waals surface area contributed by atoms with E-state index in [1.54, 1.807) is 19.4 Å². The normalized spacial score (nSPS) is 14.9. The van der Waals surface area contributed by atoms with E-state index in [4.69, 9.17) is 9.47 Å². The number of methoxy groups -OCH3 is 1. The van der Waals surface area contributed by atoms with Crippen LogP contribution in [-0.4, -0.2) is 42.5 Å². The van der Waals surface area contributed by atoms with Crippen molar-refractivity contribution >= 4 is 16.7 Å². The van der Waals surface area contributed by atoms with Crippen LogP contribution in [0.2, 0.25) is 0 Å². The van der Waals surface area contributed by atoms with Crippen molar-refractivity contribution < 1.29 is 9.47 Å². The van der Waals surface area contributed by atoms with Crippen LogP contribution in [0.1, 0.15) is 18.4 Å². The topological polar surface area (TPSA) is 63.3 Å². The number of ether oxygens (including phenoxy) is 2. The third kappa shape index (κ3) is 3.67. The smallest absolute Gasteiger partial charge is 0.146 e. The Kier molecular flexibility index (Phi) is 5.45. The summed E-state index contributed by atoms with van der Waals surface area (Å²) in [5.41, 5.74) is 1.79. The van der Waals surface area contributed by atoms with Gasteiger partial charge >= 0.3 is 0 Å². The number of benzene rings is 1. The fraction of sp³-hybridized carbons (Fsp3) is 0.364. The van der Waals surface area contributed by atoms with Crippen molar-refractivity contribution in [2.75, 3.05) is 31.7 Å². The molecule has 3 aromatic rings. The van der Waals surface area contributed by atoms with Crippen molar-refractivity contribution in [1.29, 1.82) is 5.26 Å². The molecule has 0 spiro atoms. The molecule has 6 heteroatoms. The summed E-state index contributed by atoms with van der Waals surface area (Å²) in [5.74, 6) is 1.71. The van der Waals surface area contributed by atoms with Crippen molar-refractivity contribution in [3.63, 3.8) is 0 Å². The molecule has 1 aromatic carbocycles. The largest absolute Gasteiger partial charge is 0.490 e. The Morgan fingerprint density at radius 3 is 2.82 bits per heavy atom. The highest BCUT2D eigenvalue weighted by molar-refractivity contribution is 5.86. The number of fused-ring (bicyclic) bond motifs is 1. The molecule has 0 amide bonds. The number of pyridine rings is 1. The van der Waals surface area contributed by atoms with E-state index < -0.39 is 0 Å². The summed E-state index contributed by atoms with van der Waals surface area (Å²) in [6, 6.07) is 14.2.